The molecule has 1 atom stereocenters. The summed E-state index contributed by atoms with van der Waals surface area (Å²) in [5, 5.41) is 25.3. The lowest BCUT2D eigenvalue weighted by Crippen LogP contribution is -2.52. The van der Waals surface area contributed by atoms with Crippen molar-refractivity contribution in [2.24, 2.45) is 5.41 Å². The van der Waals surface area contributed by atoms with E-state index >= 15 is 0 Å². The van der Waals surface area contributed by atoms with E-state index in [4.69, 9.17) is 15.1 Å². The maximum Gasteiger partial charge on any atom is 0.249 e. The molecule has 4 aliphatic heterocycles. The number of pyridine rings is 1. The Hall–Kier alpha value is -6.14. The second-order valence-electron chi connectivity index (χ2n) is 19.8. The summed E-state index contributed by atoms with van der Waals surface area (Å²) in [7, 11) is 0. The molecular weight excluding hydrogens is 829 g/mol. The fourth-order valence-corrected chi connectivity index (χ4v) is 11.9. The van der Waals surface area contributed by atoms with Gasteiger partial charge in [0.1, 0.15) is 29.0 Å². The van der Waals surface area contributed by atoms with Crippen LogP contribution in [0.2, 0.25) is 0 Å². The van der Waals surface area contributed by atoms with Gasteiger partial charge in [-0.15, -0.1) is 0 Å². The molecule has 2 saturated carbocycles. The molecule has 4 aromatic heterocycles. The average Bonchev–Trinajstić information content (AvgIpc) is 4.12. The van der Waals surface area contributed by atoms with Gasteiger partial charge in [-0.3, -0.25) is 24.4 Å². The number of aromatic nitrogens is 6. The second kappa shape index (κ2) is 17.6. The number of hydrogen-bond donors (Lipinski definition) is 2. The SMILES string of the molecule is CCC1(C(=O)NC2CCC2)CCN(c2ccc(-c3nc(-c4cnn(C5CCC(N6CCC(c7ccc8c(c7)CCN8C7CCC(=O)NC7=O)CC6)CC5)c4)cn4ncc(C#N)c34)cn2)CC1. The molecule has 66 heavy (non-hydrogen) atoms. The van der Waals surface area contributed by atoms with Gasteiger partial charge in [-0.1, -0.05) is 19.1 Å². The topological polar surface area (TPSA) is 170 Å². The van der Waals surface area contributed by atoms with Gasteiger partial charge in [-0.05, 0) is 138 Å². The second-order valence-corrected chi connectivity index (χ2v) is 19.8. The van der Waals surface area contributed by atoms with E-state index in [2.05, 4.69) is 72.5 Å². The number of anilines is 2. The summed E-state index contributed by atoms with van der Waals surface area (Å²) in [4.78, 5) is 54.9. The van der Waals surface area contributed by atoms with Crippen LogP contribution in [-0.4, -0.2) is 103 Å². The molecule has 5 fully saturated rings. The fraction of sp³-hybridized carbons (Fsp3) is 0.529. The highest BCUT2D eigenvalue weighted by Crippen LogP contribution is 2.41. The minimum absolute atomic E-state index is 0.164. The number of hydrogen-bond acceptors (Lipinski definition) is 11. The van der Waals surface area contributed by atoms with Crippen molar-refractivity contribution < 1.29 is 14.4 Å². The van der Waals surface area contributed by atoms with Gasteiger partial charge in [-0.2, -0.15) is 15.5 Å². The highest BCUT2D eigenvalue weighted by Gasteiger charge is 2.42. The van der Waals surface area contributed by atoms with Crippen molar-refractivity contribution in [2.75, 3.05) is 42.5 Å². The first-order valence-electron chi connectivity index (χ1n) is 24.6. The molecular formula is C51H60N12O3. The first kappa shape index (κ1) is 42.5. The van der Waals surface area contributed by atoms with Crippen molar-refractivity contribution in [3.8, 4) is 28.6 Å². The molecule has 342 valence electrons. The van der Waals surface area contributed by atoms with Crippen LogP contribution in [0.25, 0.3) is 28.0 Å². The number of fused-ring (bicyclic) bond motifs is 2. The third-order valence-electron chi connectivity index (χ3n) is 16.4. The van der Waals surface area contributed by atoms with Crippen LogP contribution in [-0.2, 0) is 20.8 Å². The van der Waals surface area contributed by atoms with Crippen molar-refractivity contribution >= 4 is 34.7 Å². The predicted octanol–water partition coefficient (Wildman–Crippen LogP) is 6.72. The van der Waals surface area contributed by atoms with E-state index < -0.39 is 0 Å². The Kier molecular flexibility index (Phi) is 11.3. The van der Waals surface area contributed by atoms with Crippen LogP contribution in [0.5, 0.6) is 0 Å². The molecule has 3 amide bonds. The largest absolute Gasteiger partial charge is 0.359 e. The normalized spacial score (nSPS) is 23.9. The first-order chi connectivity index (χ1) is 32.3. The minimum atomic E-state index is -0.316. The zero-order chi connectivity index (χ0) is 44.9. The van der Waals surface area contributed by atoms with E-state index in [1.54, 1.807) is 10.7 Å². The van der Waals surface area contributed by atoms with Crippen LogP contribution in [0.3, 0.4) is 0 Å². The van der Waals surface area contributed by atoms with Gasteiger partial charge < -0.3 is 20.0 Å². The minimum Gasteiger partial charge on any atom is -0.359 e. The standard InChI is InChI=1S/C51H60N12O3/c1-2-51(50(66)56-39-4-3-5-39)19-24-60(25-20-51)45-14-7-36(28-53-45)47-48-37(27-52)29-55-63(48)32-42(57-47)38-30-54-62(31-38)41-10-8-40(9-11-41)59-21-16-33(17-22-59)34-6-12-43-35(26-34)18-23-61(43)44-13-15-46(64)58-49(44)65/h6-7,12,14,26,28-33,39-41,44H,2-5,8-11,13,15-25H2,1H3,(H,56,66)(H,58,64,65). The molecule has 1 unspecified atom stereocenters. The van der Waals surface area contributed by atoms with Crippen LogP contribution >= 0.6 is 0 Å². The van der Waals surface area contributed by atoms with E-state index in [0.717, 1.165) is 138 Å². The van der Waals surface area contributed by atoms with Crippen molar-refractivity contribution in [3.05, 3.63) is 78.0 Å². The molecule has 3 saturated heterocycles. The number of piperidine rings is 3. The number of imide groups is 1. The van der Waals surface area contributed by atoms with Gasteiger partial charge >= 0.3 is 0 Å². The van der Waals surface area contributed by atoms with E-state index in [0.29, 0.717) is 53.7 Å². The summed E-state index contributed by atoms with van der Waals surface area (Å²) < 4.78 is 3.88. The van der Waals surface area contributed by atoms with Crippen molar-refractivity contribution in [1.82, 2.24) is 44.9 Å². The summed E-state index contributed by atoms with van der Waals surface area (Å²) in [5.41, 5.74) is 7.80. The molecule has 2 N–H and O–H groups in total. The van der Waals surface area contributed by atoms with Gasteiger partial charge in [0.15, 0.2) is 0 Å². The van der Waals surface area contributed by atoms with Gasteiger partial charge in [0.25, 0.3) is 0 Å². The molecule has 0 spiro atoms. The molecule has 15 nitrogen and oxygen atoms in total. The van der Waals surface area contributed by atoms with Gasteiger partial charge in [0.2, 0.25) is 17.7 Å². The maximum atomic E-state index is 13.3. The van der Waals surface area contributed by atoms with Gasteiger partial charge in [0.05, 0.1) is 41.4 Å². The number of nitrogens with one attached hydrogen (secondary N) is 2. The Morgan fingerprint density at radius 3 is 2.38 bits per heavy atom. The van der Waals surface area contributed by atoms with Crippen molar-refractivity contribution in [2.45, 2.75) is 133 Å². The molecule has 5 aromatic rings. The summed E-state index contributed by atoms with van der Waals surface area (Å²) in [5.74, 6) is 1.32. The molecule has 0 bridgehead atoms. The van der Waals surface area contributed by atoms with Gasteiger partial charge in [0, 0.05) is 67.3 Å². The Bertz CT molecular complexity index is 2670. The number of benzene rings is 1. The number of amides is 3. The molecule has 6 aliphatic rings. The third-order valence-corrected chi connectivity index (χ3v) is 16.4. The zero-order valence-corrected chi connectivity index (χ0v) is 38.0. The first-order valence-corrected chi connectivity index (χ1v) is 24.6. The number of nitriles is 1. The van der Waals surface area contributed by atoms with Crippen LogP contribution in [0, 0.1) is 16.7 Å². The predicted molar refractivity (Wildman–Crippen MR) is 251 cm³/mol. The molecule has 11 rings (SSSR count). The smallest absolute Gasteiger partial charge is 0.249 e. The lowest BCUT2D eigenvalue weighted by atomic mass is 9.74. The van der Waals surface area contributed by atoms with Crippen LogP contribution in [0.4, 0.5) is 11.5 Å². The molecule has 0 radical (unpaired) electrons. The van der Waals surface area contributed by atoms with E-state index in [1.165, 1.54) is 17.5 Å². The highest BCUT2D eigenvalue weighted by molar-refractivity contribution is 6.02. The Balaban J connectivity index is 0.712. The molecule has 2 aliphatic carbocycles. The van der Waals surface area contributed by atoms with Gasteiger partial charge in [-0.25, -0.2) is 14.5 Å². The number of rotatable bonds is 10. The quantitative estimate of drug-likeness (QED) is 0.143. The van der Waals surface area contributed by atoms with Crippen LogP contribution in [0.15, 0.2) is 61.3 Å². The molecule has 8 heterocycles. The van der Waals surface area contributed by atoms with Crippen molar-refractivity contribution in [1.29, 1.82) is 5.26 Å². The van der Waals surface area contributed by atoms with Crippen LogP contribution in [0.1, 0.15) is 125 Å². The zero-order valence-electron chi connectivity index (χ0n) is 38.0. The maximum absolute atomic E-state index is 13.3. The monoisotopic (exact) mass is 888 g/mol. The number of carbonyl (C=O) groups excluding carboxylic acids is 3. The summed E-state index contributed by atoms with van der Waals surface area (Å²) in [6, 6.07) is 14.2. The van der Waals surface area contributed by atoms with Crippen molar-refractivity contribution in [3.63, 3.8) is 0 Å². The number of carbonyl (C=O) groups is 3. The number of likely N-dealkylation sites (tertiary alicyclic amines) is 1. The Morgan fingerprint density at radius 1 is 0.864 bits per heavy atom. The lowest BCUT2D eigenvalue weighted by Gasteiger charge is -2.42. The van der Waals surface area contributed by atoms with E-state index in [9.17, 15) is 19.6 Å². The summed E-state index contributed by atoms with van der Waals surface area (Å²) in [6.07, 6.45) is 23.9. The average molecular weight is 889 g/mol. The van der Waals surface area contributed by atoms with E-state index in [-0.39, 0.29) is 29.2 Å². The molecule has 15 heteroatoms. The van der Waals surface area contributed by atoms with E-state index in [1.807, 2.05) is 30.7 Å². The third kappa shape index (κ3) is 7.90. The molecule has 1 aromatic carbocycles. The Labute approximate surface area is 385 Å². The summed E-state index contributed by atoms with van der Waals surface area (Å²) >= 11 is 0. The Morgan fingerprint density at radius 2 is 1.67 bits per heavy atom. The fourth-order valence-electron chi connectivity index (χ4n) is 11.9. The summed E-state index contributed by atoms with van der Waals surface area (Å²) in [6.45, 7) is 6.73. The van der Waals surface area contributed by atoms with Crippen LogP contribution < -0.4 is 20.4 Å². The number of nitrogens with zero attached hydrogens (tertiary/aromatic N) is 10. The highest BCUT2D eigenvalue weighted by atomic mass is 16.2. The lowest BCUT2D eigenvalue weighted by molar-refractivity contribution is -0.135.